The second-order valence-electron chi connectivity index (χ2n) is 6.36. The fraction of sp³-hybridized carbons (Fsp3) is 0.600. The zero-order valence-corrected chi connectivity index (χ0v) is 21.9. The van der Waals surface area contributed by atoms with Crippen molar-refractivity contribution in [2.75, 3.05) is 0 Å². The Labute approximate surface area is 174 Å². The van der Waals surface area contributed by atoms with Gasteiger partial charge in [-0.05, 0) is 94.2 Å². The number of carbonyl (C=O) groups is 2. The molecule has 0 radical (unpaired) electrons. The molecule has 0 unspecified atom stereocenters. The van der Waals surface area contributed by atoms with E-state index in [1.807, 2.05) is 41.5 Å². The normalized spacial score (nSPS) is 7.92. The summed E-state index contributed by atoms with van der Waals surface area (Å²) in [5.74, 6) is 0.343. The fourth-order valence-corrected chi connectivity index (χ4v) is 0.704. The summed E-state index contributed by atoms with van der Waals surface area (Å²) in [6, 6.07) is 0. The first-order valence-corrected chi connectivity index (χ1v) is 14.1. The van der Waals surface area contributed by atoms with E-state index < -0.39 is 0 Å². The molecule has 0 spiro atoms. The van der Waals surface area contributed by atoms with Crippen molar-refractivity contribution in [1.82, 2.24) is 0 Å². The van der Waals surface area contributed by atoms with E-state index in [1.165, 1.54) is 11.1 Å². The first-order valence-electron chi connectivity index (χ1n) is 7.80. The highest BCUT2D eigenvalue weighted by Gasteiger charge is 1.95. The Bertz CT molecular complexity index is 422. The quantitative estimate of drug-likeness (QED) is 0.194. The van der Waals surface area contributed by atoms with Gasteiger partial charge in [0.2, 0.25) is 0 Å². The lowest BCUT2D eigenvalue weighted by Crippen LogP contribution is -1.92. The molecule has 4 heteroatoms. The van der Waals surface area contributed by atoms with Crippen LogP contribution in [0.25, 0.3) is 0 Å². The van der Waals surface area contributed by atoms with Crippen LogP contribution in [0, 0.1) is 0 Å². The molecular formula is C20H36I2O2. The second kappa shape index (κ2) is 19.3. The van der Waals surface area contributed by atoms with Gasteiger partial charge in [-0.2, -0.15) is 0 Å². The molecule has 0 aromatic carbocycles. The summed E-state index contributed by atoms with van der Waals surface area (Å²) < 4.78 is 0. The lowest BCUT2D eigenvalue weighted by atomic mass is 10.1. The Hall–Kier alpha value is 0.0200. The molecule has 0 aromatic rings. The van der Waals surface area contributed by atoms with Crippen LogP contribution in [0.15, 0.2) is 33.4 Å². The maximum Gasteiger partial charge on any atom is 0.155 e. The van der Waals surface area contributed by atoms with Crippen LogP contribution in [0.2, 0.25) is 0 Å². The molecule has 0 saturated heterocycles. The van der Waals surface area contributed by atoms with Gasteiger partial charge in [0.15, 0.2) is 11.6 Å². The van der Waals surface area contributed by atoms with Crippen LogP contribution >= 0.6 is 37.2 Å². The molecule has 0 rings (SSSR count). The Balaban J connectivity index is -0.000000120. The molecule has 0 N–H and O–H groups in total. The number of rotatable bonds is 2. The van der Waals surface area contributed by atoms with Crippen molar-refractivity contribution in [2.24, 2.45) is 0 Å². The Morgan fingerprint density at radius 2 is 0.583 bits per heavy atom. The molecule has 142 valence electrons. The fourth-order valence-electron chi connectivity index (χ4n) is 0.704. The van der Waals surface area contributed by atoms with Crippen LogP contribution in [0.4, 0.5) is 0 Å². The zero-order valence-electron chi connectivity index (χ0n) is 17.6. The van der Waals surface area contributed by atoms with Gasteiger partial charge in [-0.15, -0.1) is 0 Å². The summed E-state index contributed by atoms with van der Waals surface area (Å²) in [5, 5.41) is 0. The van der Waals surface area contributed by atoms with E-state index in [-0.39, 0.29) is 11.6 Å². The van der Waals surface area contributed by atoms with E-state index in [4.69, 9.17) is 0 Å². The SMILES string of the molecule is CC(=O)C(C)=C(C)C.CC(=O)C(C)=C(C)C.CC(C)=C(C)C.II. The van der Waals surface area contributed by atoms with Gasteiger partial charge < -0.3 is 0 Å². The highest BCUT2D eigenvalue weighted by atomic mass is 128. The van der Waals surface area contributed by atoms with Crippen LogP contribution in [-0.4, -0.2) is 11.6 Å². The lowest BCUT2D eigenvalue weighted by Gasteiger charge is -1.94. The molecule has 0 atom stereocenters. The highest BCUT2D eigenvalue weighted by Crippen LogP contribution is 2.02. The molecule has 24 heavy (non-hydrogen) atoms. The Morgan fingerprint density at radius 3 is 0.583 bits per heavy atom. The average Bonchev–Trinajstić information content (AvgIpc) is 2.48. The summed E-state index contributed by atoms with van der Waals surface area (Å²) in [4.78, 5) is 21.1. The molecule has 0 aromatic heterocycles. The molecule has 0 heterocycles. The van der Waals surface area contributed by atoms with Crippen LogP contribution in [0.3, 0.4) is 0 Å². The van der Waals surface area contributed by atoms with E-state index in [2.05, 4.69) is 64.9 Å². The maximum atomic E-state index is 10.5. The first-order chi connectivity index (χ1) is 10.7. The van der Waals surface area contributed by atoms with Crippen molar-refractivity contribution in [3.05, 3.63) is 33.4 Å². The molecule has 0 saturated carbocycles. The van der Waals surface area contributed by atoms with E-state index >= 15 is 0 Å². The van der Waals surface area contributed by atoms with Gasteiger partial charge in [0.05, 0.1) is 0 Å². The lowest BCUT2D eigenvalue weighted by molar-refractivity contribution is -0.114. The molecule has 0 fully saturated rings. The number of hydrogen-bond acceptors (Lipinski definition) is 2. The van der Waals surface area contributed by atoms with Crippen LogP contribution in [0.1, 0.15) is 83.1 Å². The van der Waals surface area contributed by atoms with Crippen LogP contribution < -0.4 is 0 Å². The highest BCUT2D eigenvalue weighted by molar-refractivity contribution is 15.0. The van der Waals surface area contributed by atoms with Crippen molar-refractivity contribution in [1.29, 1.82) is 0 Å². The van der Waals surface area contributed by atoms with E-state index in [0.717, 1.165) is 22.3 Å². The van der Waals surface area contributed by atoms with Crippen molar-refractivity contribution >= 4 is 48.8 Å². The smallest absolute Gasteiger partial charge is 0.155 e. The maximum absolute atomic E-state index is 10.5. The summed E-state index contributed by atoms with van der Waals surface area (Å²) >= 11 is 4.24. The number of halogens is 2. The van der Waals surface area contributed by atoms with Gasteiger partial charge in [0, 0.05) is 37.2 Å². The van der Waals surface area contributed by atoms with Crippen molar-refractivity contribution in [2.45, 2.75) is 83.1 Å². The number of hydrogen-bond donors (Lipinski definition) is 0. The number of allylic oxidation sites excluding steroid dienone is 6. The third-order valence-corrected chi connectivity index (χ3v) is 3.56. The van der Waals surface area contributed by atoms with Crippen LogP contribution in [0.5, 0.6) is 0 Å². The summed E-state index contributed by atoms with van der Waals surface area (Å²) in [5.41, 5.74) is 6.83. The largest absolute Gasteiger partial charge is 0.295 e. The van der Waals surface area contributed by atoms with Crippen molar-refractivity contribution in [3.63, 3.8) is 0 Å². The van der Waals surface area contributed by atoms with E-state index in [0.29, 0.717) is 0 Å². The topological polar surface area (TPSA) is 34.1 Å². The summed E-state index contributed by atoms with van der Waals surface area (Å²) in [6.45, 7) is 23.1. The van der Waals surface area contributed by atoms with Gasteiger partial charge >= 0.3 is 0 Å². The third-order valence-electron chi connectivity index (χ3n) is 3.56. The number of ketones is 2. The zero-order chi connectivity index (χ0) is 20.6. The summed E-state index contributed by atoms with van der Waals surface area (Å²) in [7, 11) is 0. The summed E-state index contributed by atoms with van der Waals surface area (Å²) in [6.07, 6.45) is 0. The van der Waals surface area contributed by atoms with Crippen molar-refractivity contribution < 1.29 is 9.59 Å². The molecule has 0 bridgehead atoms. The number of Topliss-reactive ketones (excluding diaryl/α,β-unsaturated/α-hetero) is 2. The van der Waals surface area contributed by atoms with Gasteiger partial charge in [0.25, 0.3) is 0 Å². The predicted molar refractivity (Wildman–Crippen MR) is 127 cm³/mol. The molecule has 2 nitrogen and oxygen atoms in total. The minimum absolute atomic E-state index is 0.171. The second-order valence-corrected chi connectivity index (χ2v) is 6.36. The molecule has 0 aliphatic rings. The van der Waals surface area contributed by atoms with Gasteiger partial charge in [-0.1, -0.05) is 22.3 Å². The first kappa shape index (κ1) is 31.8. The predicted octanol–water partition coefficient (Wildman–Crippen LogP) is 8.00. The van der Waals surface area contributed by atoms with Crippen molar-refractivity contribution in [3.8, 4) is 0 Å². The average molecular weight is 562 g/mol. The van der Waals surface area contributed by atoms with Gasteiger partial charge in [0.1, 0.15) is 0 Å². The Kier molecular flexibility index (Phi) is 25.6. The molecular weight excluding hydrogens is 526 g/mol. The minimum Gasteiger partial charge on any atom is -0.295 e. The van der Waals surface area contributed by atoms with E-state index in [1.54, 1.807) is 13.8 Å². The molecule has 0 amide bonds. The molecule has 0 aliphatic carbocycles. The molecule has 0 aliphatic heterocycles. The Morgan fingerprint density at radius 1 is 0.417 bits per heavy atom. The third kappa shape index (κ3) is 24.3. The standard InChI is InChI=1S/2C7H12O.C6H12.I2/c2*1-5(2)6(3)7(4)8;1-5(2)6(3)4;1-2/h2*1-4H3;1-4H3;. The monoisotopic (exact) mass is 562 g/mol. The van der Waals surface area contributed by atoms with Crippen LogP contribution in [-0.2, 0) is 9.59 Å². The number of carbonyl (C=O) groups excluding carboxylic acids is 2. The van der Waals surface area contributed by atoms with Gasteiger partial charge in [-0.3, -0.25) is 9.59 Å². The van der Waals surface area contributed by atoms with E-state index in [9.17, 15) is 9.59 Å². The van der Waals surface area contributed by atoms with Gasteiger partial charge in [-0.25, -0.2) is 0 Å². The minimum atomic E-state index is 0.171.